The molecule has 1 aliphatic heterocycles. The van der Waals surface area contributed by atoms with Gasteiger partial charge in [0.2, 0.25) is 5.82 Å². The third kappa shape index (κ3) is 1.83. The molecule has 1 aromatic carbocycles. The largest absolute Gasteiger partial charge is 0.462 e. The average molecular weight is 301 g/mol. The molecule has 21 heavy (non-hydrogen) atoms. The highest BCUT2D eigenvalue weighted by atomic mass is 19.1. The van der Waals surface area contributed by atoms with Crippen molar-refractivity contribution in [2.75, 3.05) is 6.67 Å². The molecule has 6 nitrogen and oxygen atoms in total. The first-order valence-corrected chi connectivity index (χ1v) is 6.11. The summed E-state index contributed by atoms with van der Waals surface area (Å²) >= 11 is 0. The molecule has 1 fully saturated rings. The van der Waals surface area contributed by atoms with Crippen molar-refractivity contribution in [1.82, 2.24) is 0 Å². The number of nitrogens with zero attached hydrogens (tertiary/aromatic N) is 2. The fourth-order valence-electron chi connectivity index (χ4n) is 2.78. The maximum atomic E-state index is 14.3. The molecule has 9 heteroatoms. The first kappa shape index (κ1) is 13.7. The molecule has 0 saturated heterocycles. The number of halogens is 3. The van der Waals surface area contributed by atoms with E-state index >= 15 is 0 Å². The van der Waals surface area contributed by atoms with Crippen LogP contribution in [-0.2, 0) is 10.3 Å². The average Bonchev–Trinajstić information content (AvgIpc) is 3.17. The van der Waals surface area contributed by atoms with E-state index in [1.54, 1.807) is 0 Å². The topological polar surface area (TPSA) is 90.8 Å². The Balaban J connectivity index is 2.25. The van der Waals surface area contributed by atoms with Crippen LogP contribution < -0.4 is 5.73 Å². The van der Waals surface area contributed by atoms with Crippen LogP contribution >= 0.6 is 0 Å². The Bertz CT molecular complexity index is 667. The van der Waals surface area contributed by atoms with Gasteiger partial charge in [-0.3, -0.25) is 10.1 Å². The number of aliphatic imine (C=N–C) groups is 1. The van der Waals surface area contributed by atoms with Gasteiger partial charge in [0.25, 0.3) is 6.02 Å². The Morgan fingerprint density at radius 2 is 2.24 bits per heavy atom. The SMILES string of the molecule is NC1=NC(CF)(c2c(F)ccc([N+](=O)[O-])c2F)C2C[C@H]2O1. The summed E-state index contributed by atoms with van der Waals surface area (Å²) in [6.45, 7) is -1.23. The van der Waals surface area contributed by atoms with Gasteiger partial charge < -0.3 is 10.5 Å². The van der Waals surface area contributed by atoms with Crippen molar-refractivity contribution >= 4 is 11.7 Å². The Hall–Kier alpha value is -2.32. The number of amidine groups is 1. The van der Waals surface area contributed by atoms with Crippen LogP contribution in [0.1, 0.15) is 12.0 Å². The van der Waals surface area contributed by atoms with Gasteiger partial charge in [0, 0.05) is 12.0 Å². The lowest BCUT2D eigenvalue weighted by atomic mass is 9.85. The predicted octanol–water partition coefficient (Wildman–Crippen LogP) is 1.77. The Labute approximate surface area is 116 Å². The van der Waals surface area contributed by atoms with E-state index < -0.39 is 52.0 Å². The number of nitrogens with two attached hydrogens (primary N) is 1. The lowest BCUT2D eigenvalue weighted by molar-refractivity contribution is -0.387. The zero-order valence-corrected chi connectivity index (χ0v) is 10.6. The van der Waals surface area contributed by atoms with Crippen molar-refractivity contribution in [1.29, 1.82) is 0 Å². The van der Waals surface area contributed by atoms with Crippen LogP contribution in [0.3, 0.4) is 0 Å². The molecule has 3 rings (SSSR count). The second kappa shape index (κ2) is 4.34. The summed E-state index contributed by atoms with van der Waals surface area (Å²) in [4.78, 5) is 13.5. The molecule has 2 N–H and O–H groups in total. The van der Waals surface area contributed by atoms with E-state index in [4.69, 9.17) is 10.5 Å². The minimum absolute atomic E-state index is 0.329. The van der Waals surface area contributed by atoms with Gasteiger partial charge in [-0.2, -0.15) is 4.39 Å². The summed E-state index contributed by atoms with van der Waals surface area (Å²) in [5, 5.41) is 10.8. The number of rotatable bonds is 3. The summed E-state index contributed by atoms with van der Waals surface area (Å²) in [6, 6.07) is 1.04. The standard InChI is InChI=1S/C12H10F3N3O3/c13-4-12(5-3-8(5)21-11(16)17-12)9-6(14)1-2-7(10(9)15)18(19)20/h1-2,5,8H,3-4H2,(H2,16,17)/t5?,8-,12?/m1/s1. The minimum atomic E-state index is -1.91. The molecular weight excluding hydrogens is 291 g/mol. The maximum Gasteiger partial charge on any atom is 0.305 e. The molecule has 1 heterocycles. The summed E-state index contributed by atoms with van der Waals surface area (Å²) in [5.74, 6) is -3.12. The van der Waals surface area contributed by atoms with E-state index in [0.29, 0.717) is 12.5 Å². The van der Waals surface area contributed by atoms with E-state index in [1.807, 2.05) is 0 Å². The van der Waals surface area contributed by atoms with Crippen molar-refractivity contribution in [2.45, 2.75) is 18.1 Å². The van der Waals surface area contributed by atoms with Gasteiger partial charge in [-0.15, -0.1) is 0 Å². The third-order valence-corrected chi connectivity index (χ3v) is 3.83. The van der Waals surface area contributed by atoms with Crippen LogP contribution in [0, 0.1) is 27.7 Å². The smallest absolute Gasteiger partial charge is 0.305 e. The molecule has 0 bridgehead atoms. The second-order valence-corrected chi connectivity index (χ2v) is 5.02. The maximum absolute atomic E-state index is 14.3. The van der Waals surface area contributed by atoms with Crippen molar-refractivity contribution < 1.29 is 22.8 Å². The second-order valence-electron chi connectivity index (χ2n) is 5.02. The normalized spacial score (nSPS) is 30.1. The highest BCUT2D eigenvalue weighted by Gasteiger charge is 2.61. The van der Waals surface area contributed by atoms with E-state index in [2.05, 4.69) is 4.99 Å². The minimum Gasteiger partial charge on any atom is -0.462 e. The van der Waals surface area contributed by atoms with Crippen LogP contribution in [0.4, 0.5) is 18.9 Å². The highest BCUT2D eigenvalue weighted by Crippen LogP contribution is 2.54. The number of hydrogen-bond donors (Lipinski definition) is 1. The van der Waals surface area contributed by atoms with Gasteiger partial charge in [0.05, 0.1) is 10.5 Å². The molecule has 0 spiro atoms. The van der Waals surface area contributed by atoms with E-state index in [9.17, 15) is 23.3 Å². The van der Waals surface area contributed by atoms with E-state index in [-0.39, 0.29) is 6.02 Å². The molecule has 1 aliphatic carbocycles. The van der Waals surface area contributed by atoms with Gasteiger partial charge in [0.1, 0.15) is 24.1 Å². The highest BCUT2D eigenvalue weighted by molar-refractivity contribution is 5.74. The number of hydrogen-bond acceptors (Lipinski definition) is 5. The van der Waals surface area contributed by atoms with Crippen LogP contribution in [-0.4, -0.2) is 23.7 Å². The Morgan fingerprint density at radius 3 is 2.86 bits per heavy atom. The summed E-state index contributed by atoms with van der Waals surface area (Å²) in [7, 11) is 0. The molecule has 3 atom stereocenters. The zero-order valence-electron chi connectivity index (χ0n) is 10.6. The molecule has 0 amide bonds. The fraction of sp³-hybridized carbons (Fsp3) is 0.417. The van der Waals surface area contributed by atoms with Crippen molar-refractivity contribution in [2.24, 2.45) is 16.6 Å². The molecule has 1 aromatic rings. The summed E-state index contributed by atoms with van der Waals surface area (Å²) < 4.78 is 47.1. The molecule has 0 radical (unpaired) electrons. The lowest BCUT2D eigenvalue weighted by Gasteiger charge is -2.31. The number of benzene rings is 1. The quantitative estimate of drug-likeness (QED) is 0.680. The number of nitro benzene ring substituents is 1. The van der Waals surface area contributed by atoms with Crippen molar-refractivity contribution in [3.8, 4) is 0 Å². The van der Waals surface area contributed by atoms with E-state index in [0.717, 1.165) is 6.07 Å². The van der Waals surface area contributed by atoms with Gasteiger partial charge in [0.15, 0.2) is 0 Å². The predicted molar refractivity (Wildman–Crippen MR) is 65.3 cm³/mol. The van der Waals surface area contributed by atoms with Gasteiger partial charge >= 0.3 is 5.69 Å². The molecule has 112 valence electrons. The fourth-order valence-corrected chi connectivity index (χ4v) is 2.78. The number of alkyl halides is 1. The number of ether oxygens (including phenoxy) is 1. The molecular formula is C12H10F3N3O3. The van der Waals surface area contributed by atoms with Crippen molar-refractivity contribution in [3.63, 3.8) is 0 Å². The van der Waals surface area contributed by atoms with Gasteiger partial charge in [-0.25, -0.2) is 13.8 Å². The molecule has 2 unspecified atom stereocenters. The lowest BCUT2D eigenvalue weighted by Crippen LogP contribution is -2.40. The zero-order chi connectivity index (χ0) is 15.4. The van der Waals surface area contributed by atoms with Crippen LogP contribution in [0.25, 0.3) is 0 Å². The number of fused-ring (bicyclic) bond motifs is 1. The summed E-state index contributed by atoms with van der Waals surface area (Å²) in [5.41, 5.74) is 1.81. The molecule has 1 saturated carbocycles. The Morgan fingerprint density at radius 1 is 1.52 bits per heavy atom. The summed E-state index contributed by atoms with van der Waals surface area (Å²) in [6.07, 6.45) is -0.147. The van der Waals surface area contributed by atoms with Gasteiger partial charge in [-0.05, 0) is 12.5 Å². The van der Waals surface area contributed by atoms with Crippen LogP contribution in [0.15, 0.2) is 17.1 Å². The molecule has 0 aromatic heterocycles. The third-order valence-electron chi connectivity index (χ3n) is 3.83. The first-order chi connectivity index (χ1) is 9.90. The Kier molecular flexibility index (Phi) is 2.82. The number of nitro groups is 1. The van der Waals surface area contributed by atoms with Crippen LogP contribution in [0.5, 0.6) is 0 Å². The monoisotopic (exact) mass is 301 g/mol. The van der Waals surface area contributed by atoms with Crippen molar-refractivity contribution in [3.05, 3.63) is 39.4 Å². The van der Waals surface area contributed by atoms with Gasteiger partial charge in [-0.1, -0.05) is 0 Å². The van der Waals surface area contributed by atoms with E-state index in [1.165, 1.54) is 0 Å². The van der Waals surface area contributed by atoms with Crippen LogP contribution in [0.2, 0.25) is 0 Å². The molecule has 2 aliphatic rings. The first-order valence-electron chi connectivity index (χ1n) is 6.11.